The van der Waals surface area contributed by atoms with Crippen molar-refractivity contribution in [3.8, 4) is 0 Å². The Morgan fingerprint density at radius 3 is 2.36 bits per heavy atom. The van der Waals surface area contributed by atoms with Crippen LogP contribution in [0.1, 0.15) is 12.0 Å². The second kappa shape index (κ2) is 7.67. The molecule has 3 rings (SSSR count). The van der Waals surface area contributed by atoms with Gasteiger partial charge < -0.3 is 10.2 Å². The van der Waals surface area contributed by atoms with Gasteiger partial charge in [-0.1, -0.05) is 79.6 Å². The Bertz CT molecular complexity index is 878. The van der Waals surface area contributed by atoms with Crippen LogP contribution < -0.4 is 5.32 Å². The Morgan fingerprint density at radius 2 is 1.86 bits per heavy atom. The van der Waals surface area contributed by atoms with Crippen LogP contribution in [0.4, 0.5) is 13.2 Å². The summed E-state index contributed by atoms with van der Waals surface area (Å²) in [5.41, 5.74) is -2.52. The van der Waals surface area contributed by atoms with E-state index in [0.29, 0.717) is 5.57 Å². The SMILES string of the molecule is CNC1C=CC(C2=NOC(c3cc(Cl)c(Cl)c(Cl)c3)(C(F)(F)F)C2)=CC1(Cl)Br. The fourth-order valence-electron chi connectivity index (χ4n) is 2.99. The van der Waals surface area contributed by atoms with Gasteiger partial charge in [0, 0.05) is 12.0 Å². The van der Waals surface area contributed by atoms with Gasteiger partial charge in [-0.25, -0.2) is 0 Å². The predicted molar refractivity (Wildman–Crippen MR) is 110 cm³/mol. The lowest BCUT2D eigenvalue weighted by Crippen LogP contribution is -2.43. The van der Waals surface area contributed by atoms with Gasteiger partial charge >= 0.3 is 6.18 Å². The van der Waals surface area contributed by atoms with Gasteiger partial charge in [-0.3, -0.25) is 0 Å². The summed E-state index contributed by atoms with van der Waals surface area (Å²) < 4.78 is 41.2. The van der Waals surface area contributed by atoms with Crippen molar-refractivity contribution < 1.29 is 18.0 Å². The second-order valence-corrected chi connectivity index (χ2v) is 9.87. The number of oxime groups is 1. The van der Waals surface area contributed by atoms with E-state index < -0.39 is 22.0 Å². The fraction of sp³-hybridized carbons (Fsp3) is 0.353. The smallest absolute Gasteiger partial charge is 0.374 e. The number of hydrogen-bond donors (Lipinski definition) is 1. The van der Waals surface area contributed by atoms with Gasteiger partial charge in [0.15, 0.2) is 0 Å². The highest BCUT2D eigenvalue weighted by atomic mass is 79.9. The van der Waals surface area contributed by atoms with Gasteiger partial charge in [0.1, 0.15) is 3.78 Å². The maximum atomic E-state index is 14.1. The molecule has 1 heterocycles. The molecule has 0 saturated carbocycles. The molecule has 11 heteroatoms. The van der Waals surface area contributed by atoms with Crippen molar-refractivity contribution in [3.05, 3.63) is 56.6 Å². The van der Waals surface area contributed by atoms with Gasteiger partial charge in [0.05, 0.1) is 26.8 Å². The molecule has 3 nitrogen and oxygen atoms in total. The molecule has 28 heavy (non-hydrogen) atoms. The lowest BCUT2D eigenvalue weighted by molar-refractivity contribution is -0.275. The van der Waals surface area contributed by atoms with Crippen molar-refractivity contribution in [2.75, 3.05) is 7.05 Å². The van der Waals surface area contributed by atoms with Crippen LogP contribution >= 0.6 is 62.3 Å². The summed E-state index contributed by atoms with van der Waals surface area (Å²) >= 11 is 27.5. The quantitative estimate of drug-likeness (QED) is 0.348. The fourth-order valence-corrected chi connectivity index (χ4v) is 4.51. The predicted octanol–water partition coefficient (Wildman–Crippen LogP) is 6.59. The molecule has 0 saturated heterocycles. The molecule has 3 atom stereocenters. The van der Waals surface area contributed by atoms with Crippen LogP contribution in [-0.4, -0.2) is 28.8 Å². The molecule has 1 aromatic rings. The van der Waals surface area contributed by atoms with Crippen molar-refractivity contribution in [3.63, 3.8) is 0 Å². The van der Waals surface area contributed by atoms with Gasteiger partial charge in [-0.15, -0.1) is 0 Å². The molecule has 0 bridgehead atoms. The molecule has 0 fully saturated rings. The highest BCUT2D eigenvalue weighted by Gasteiger charge is 2.62. The molecule has 0 amide bonds. The lowest BCUT2D eigenvalue weighted by atomic mass is 9.85. The Labute approximate surface area is 187 Å². The number of nitrogens with zero attached hydrogens (tertiary/aromatic N) is 1. The van der Waals surface area contributed by atoms with Crippen LogP contribution in [0, 0.1) is 0 Å². The van der Waals surface area contributed by atoms with Gasteiger partial charge in [0.2, 0.25) is 0 Å². The number of hydrogen-bond acceptors (Lipinski definition) is 3. The molecule has 0 spiro atoms. The maximum Gasteiger partial charge on any atom is 0.435 e. The number of benzene rings is 1. The van der Waals surface area contributed by atoms with Crippen LogP contribution in [0.2, 0.25) is 15.1 Å². The molecule has 0 radical (unpaired) electrons. The van der Waals surface area contributed by atoms with E-state index in [9.17, 15) is 13.2 Å². The van der Waals surface area contributed by atoms with Crippen molar-refractivity contribution in [2.45, 2.75) is 28.0 Å². The molecule has 3 unspecified atom stereocenters. The average molecular weight is 539 g/mol. The molecule has 2 aliphatic rings. The number of likely N-dealkylation sites (N-methyl/N-ethyl adjacent to an activating group) is 1. The van der Waals surface area contributed by atoms with Crippen LogP contribution in [0.5, 0.6) is 0 Å². The van der Waals surface area contributed by atoms with E-state index in [1.54, 1.807) is 25.3 Å². The highest BCUT2D eigenvalue weighted by Crippen LogP contribution is 2.51. The minimum atomic E-state index is -4.79. The minimum Gasteiger partial charge on any atom is -0.374 e. The van der Waals surface area contributed by atoms with Gasteiger partial charge in [0.25, 0.3) is 5.60 Å². The zero-order chi connectivity index (χ0) is 20.9. The number of nitrogens with one attached hydrogen (secondary N) is 1. The zero-order valence-electron chi connectivity index (χ0n) is 14.1. The molecule has 1 aromatic carbocycles. The average Bonchev–Trinajstić information content (AvgIpc) is 3.05. The Kier molecular flexibility index (Phi) is 6.10. The van der Waals surface area contributed by atoms with E-state index >= 15 is 0 Å². The summed E-state index contributed by atoms with van der Waals surface area (Å²) in [4.78, 5) is 4.98. The Balaban J connectivity index is 2.01. The number of halogens is 8. The topological polar surface area (TPSA) is 33.6 Å². The molecule has 0 aromatic heterocycles. The van der Waals surface area contributed by atoms with Gasteiger partial charge in [-0.2, -0.15) is 13.2 Å². The van der Waals surface area contributed by atoms with Crippen LogP contribution in [0.25, 0.3) is 0 Å². The highest BCUT2D eigenvalue weighted by molar-refractivity contribution is 9.10. The first-order valence-corrected chi connectivity index (χ1v) is 10.1. The molecule has 152 valence electrons. The lowest BCUT2D eigenvalue weighted by Gasteiger charge is -2.30. The Hall–Kier alpha value is -0.440. The van der Waals surface area contributed by atoms with E-state index in [1.807, 2.05) is 0 Å². The van der Waals surface area contributed by atoms with Crippen LogP contribution in [0.15, 0.2) is 41.1 Å². The van der Waals surface area contributed by atoms with E-state index in [-0.39, 0.29) is 32.4 Å². The normalized spacial score (nSPS) is 30.1. The number of allylic oxidation sites excluding steroid dienone is 2. The zero-order valence-corrected chi connectivity index (χ0v) is 18.7. The van der Waals surface area contributed by atoms with E-state index in [1.165, 1.54) is 0 Å². The Morgan fingerprint density at radius 1 is 1.25 bits per heavy atom. The van der Waals surface area contributed by atoms with Crippen molar-refractivity contribution in [1.82, 2.24) is 5.32 Å². The molecule has 1 aliphatic heterocycles. The summed E-state index contributed by atoms with van der Waals surface area (Å²) in [6.45, 7) is 0. The molecular formula is C17H12BrCl4F3N2O. The largest absolute Gasteiger partial charge is 0.435 e. The standard InChI is InChI=1S/C17H12BrCl4F3N2O/c1-26-13-3-2-8(6-16(13,18)22)12-7-15(28-27-12,17(23,24)25)9-4-10(19)14(21)11(20)5-9/h2-6,13,26H,7H2,1H3. The molecule has 1 N–H and O–H groups in total. The van der Waals surface area contributed by atoms with Crippen LogP contribution in [-0.2, 0) is 10.4 Å². The summed E-state index contributed by atoms with van der Waals surface area (Å²) in [7, 11) is 1.71. The molecule has 1 aliphatic carbocycles. The first kappa shape index (κ1) is 22.2. The second-order valence-electron chi connectivity index (χ2n) is 6.28. The summed E-state index contributed by atoms with van der Waals surface area (Å²) in [5, 5.41) is 6.44. The van der Waals surface area contributed by atoms with Crippen molar-refractivity contribution in [1.29, 1.82) is 0 Å². The first-order chi connectivity index (χ1) is 12.9. The van der Waals surface area contributed by atoms with E-state index in [4.69, 9.17) is 51.2 Å². The van der Waals surface area contributed by atoms with E-state index in [2.05, 4.69) is 26.4 Å². The maximum absolute atomic E-state index is 14.1. The minimum absolute atomic E-state index is 0.0363. The summed E-state index contributed by atoms with van der Waals surface area (Å²) in [6.07, 6.45) is -0.433. The van der Waals surface area contributed by atoms with E-state index in [0.717, 1.165) is 12.1 Å². The van der Waals surface area contributed by atoms with Crippen LogP contribution in [0.3, 0.4) is 0 Å². The summed E-state index contributed by atoms with van der Waals surface area (Å²) in [5.74, 6) is 0. The third-order valence-electron chi connectivity index (χ3n) is 4.51. The van der Waals surface area contributed by atoms with Crippen molar-refractivity contribution in [2.24, 2.45) is 5.16 Å². The van der Waals surface area contributed by atoms with Gasteiger partial charge in [-0.05, 0) is 30.8 Å². The summed E-state index contributed by atoms with van der Waals surface area (Å²) in [6, 6.07) is 1.91. The molecular weight excluding hydrogens is 527 g/mol. The van der Waals surface area contributed by atoms with Crippen molar-refractivity contribution >= 4 is 68.0 Å². The monoisotopic (exact) mass is 536 g/mol. The first-order valence-electron chi connectivity index (χ1n) is 7.84. The third kappa shape index (κ3) is 3.82. The number of rotatable bonds is 3. The number of alkyl halides is 5. The third-order valence-corrected chi connectivity index (χ3v) is 6.77.